The maximum Gasteiger partial charge on any atom is 0.324 e. The molecule has 0 fully saturated rings. The quantitative estimate of drug-likeness (QED) is 0.154. The number of nitrogens with one attached hydrogen (secondary N) is 2. The standard InChI is InChI=1S/C40H40N8O/c1-28-12-17-32(25-43-28)48-38(23-37(46-48)40(2,3)4)45-39(49)44-36-19-18-33(34-10-5-6-11-35(34)36)31-15-13-29(14-16-31)26-47(22-8-20-41)27-30-9-7-21-42-24-30/h5-7,9-19,21,23-25H,8,22,26-27H2,1-4H3,(H2,44,45,49). The van der Waals surface area contributed by atoms with Crippen LogP contribution in [0.2, 0.25) is 0 Å². The molecular weight excluding hydrogens is 608 g/mol. The van der Waals surface area contributed by atoms with E-state index in [0.717, 1.165) is 57.6 Å². The van der Waals surface area contributed by atoms with Gasteiger partial charge in [0.1, 0.15) is 5.82 Å². The van der Waals surface area contributed by atoms with Gasteiger partial charge in [-0.25, -0.2) is 9.48 Å². The number of aromatic nitrogens is 4. The number of benzene rings is 3. The first-order chi connectivity index (χ1) is 23.7. The predicted octanol–water partition coefficient (Wildman–Crippen LogP) is 8.65. The Morgan fingerprint density at radius 2 is 1.65 bits per heavy atom. The maximum absolute atomic E-state index is 13.5. The molecule has 6 aromatic rings. The van der Waals surface area contributed by atoms with Crippen molar-refractivity contribution in [2.24, 2.45) is 0 Å². The number of hydrogen-bond donors (Lipinski definition) is 2. The Labute approximate surface area is 287 Å². The first-order valence-electron chi connectivity index (χ1n) is 16.4. The molecule has 0 radical (unpaired) electrons. The second kappa shape index (κ2) is 14.5. The van der Waals surface area contributed by atoms with E-state index < -0.39 is 0 Å². The van der Waals surface area contributed by atoms with E-state index in [1.54, 1.807) is 17.1 Å². The summed E-state index contributed by atoms with van der Waals surface area (Å²) in [4.78, 5) is 24.4. The highest BCUT2D eigenvalue weighted by molar-refractivity contribution is 6.09. The lowest BCUT2D eigenvalue weighted by molar-refractivity contribution is 0.262. The average molecular weight is 649 g/mol. The largest absolute Gasteiger partial charge is 0.324 e. The zero-order valence-corrected chi connectivity index (χ0v) is 28.3. The molecule has 3 aromatic carbocycles. The number of anilines is 2. The summed E-state index contributed by atoms with van der Waals surface area (Å²) in [6.45, 7) is 10.3. The SMILES string of the molecule is Cc1ccc(-n2nc(C(C)(C)C)cc2NC(=O)Nc2ccc(-c3ccc(CN(CCC#N)Cc4cccnc4)cc3)c3ccccc23)cn1. The third-order valence-corrected chi connectivity index (χ3v) is 8.37. The Hall–Kier alpha value is -5.85. The molecule has 3 heterocycles. The van der Waals surface area contributed by atoms with Crippen LogP contribution in [0.4, 0.5) is 16.3 Å². The number of fused-ring (bicyclic) bond motifs is 1. The van der Waals surface area contributed by atoms with Crippen molar-refractivity contribution < 1.29 is 4.79 Å². The summed E-state index contributed by atoms with van der Waals surface area (Å²) < 4.78 is 1.72. The van der Waals surface area contributed by atoms with Gasteiger partial charge in [0.15, 0.2) is 0 Å². The van der Waals surface area contributed by atoms with Crippen LogP contribution in [0, 0.1) is 18.3 Å². The van der Waals surface area contributed by atoms with Crippen LogP contribution in [0.25, 0.3) is 27.6 Å². The van der Waals surface area contributed by atoms with Gasteiger partial charge in [-0.1, -0.05) is 81.4 Å². The van der Waals surface area contributed by atoms with Crippen molar-refractivity contribution in [3.05, 3.63) is 132 Å². The van der Waals surface area contributed by atoms with Crippen molar-refractivity contribution in [3.63, 3.8) is 0 Å². The molecule has 0 aliphatic rings. The van der Waals surface area contributed by atoms with Gasteiger partial charge in [-0.05, 0) is 58.8 Å². The number of nitriles is 1. The van der Waals surface area contributed by atoms with Crippen molar-refractivity contribution >= 4 is 28.3 Å². The Bertz CT molecular complexity index is 2090. The van der Waals surface area contributed by atoms with E-state index in [4.69, 9.17) is 5.10 Å². The zero-order valence-electron chi connectivity index (χ0n) is 28.3. The Morgan fingerprint density at radius 3 is 2.35 bits per heavy atom. The fraction of sp³-hybridized carbons (Fsp3) is 0.225. The van der Waals surface area contributed by atoms with Crippen LogP contribution in [0.1, 0.15) is 49.7 Å². The molecule has 0 spiro atoms. The summed E-state index contributed by atoms with van der Waals surface area (Å²) in [6, 6.07) is 32.3. The van der Waals surface area contributed by atoms with Gasteiger partial charge in [0.2, 0.25) is 0 Å². The second-order valence-corrected chi connectivity index (χ2v) is 13.2. The van der Waals surface area contributed by atoms with Crippen molar-refractivity contribution in [2.75, 3.05) is 17.2 Å². The fourth-order valence-corrected chi connectivity index (χ4v) is 5.77. The van der Waals surface area contributed by atoms with E-state index >= 15 is 0 Å². The molecule has 9 nitrogen and oxygen atoms in total. The summed E-state index contributed by atoms with van der Waals surface area (Å²) in [7, 11) is 0. The van der Waals surface area contributed by atoms with Gasteiger partial charge in [0.25, 0.3) is 0 Å². The van der Waals surface area contributed by atoms with Gasteiger partial charge >= 0.3 is 6.03 Å². The first kappa shape index (κ1) is 33.1. The number of carbonyl (C=O) groups is 1. The van der Waals surface area contributed by atoms with Crippen LogP contribution in [-0.2, 0) is 18.5 Å². The highest BCUT2D eigenvalue weighted by Crippen LogP contribution is 2.34. The molecule has 9 heteroatoms. The molecule has 0 atom stereocenters. The number of rotatable bonds is 10. The normalized spacial score (nSPS) is 11.4. The Kier molecular flexibility index (Phi) is 9.79. The third-order valence-electron chi connectivity index (χ3n) is 8.37. The molecule has 0 aliphatic carbocycles. The van der Waals surface area contributed by atoms with E-state index in [1.165, 1.54) is 5.56 Å². The molecule has 0 unspecified atom stereocenters. The van der Waals surface area contributed by atoms with Crippen LogP contribution in [-0.4, -0.2) is 37.2 Å². The lowest BCUT2D eigenvalue weighted by Crippen LogP contribution is -2.23. The lowest BCUT2D eigenvalue weighted by atomic mass is 9.92. The highest BCUT2D eigenvalue weighted by atomic mass is 16.2. The van der Waals surface area contributed by atoms with Crippen LogP contribution < -0.4 is 10.6 Å². The number of amides is 2. The minimum atomic E-state index is -0.365. The van der Waals surface area contributed by atoms with Crippen molar-refractivity contribution in [1.29, 1.82) is 5.26 Å². The summed E-state index contributed by atoms with van der Waals surface area (Å²) in [6.07, 6.45) is 5.86. The number of aryl methyl sites for hydroxylation is 1. The summed E-state index contributed by atoms with van der Waals surface area (Å²) in [5, 5.41) is 22.1. The van der Waals surface area contributed by atoms with Gasteiger partial charge in [0.05, 0.1) is 29.3 Å². The average Bonchev–Trinajstić information content (AvgIpc) is 3.53. The number of nitrogens with zero attached hydrogens (tertiary/aromatic N) is 6. The highest BCUT2D eigenvalue weighted by Gasteiger charge is 2.22. The minimum absolute atomic E-state index is 0.211. The second-order valence-electron chi connectivity index (χ2n) is 13.2. The van der Waals surface area contributed by atoms with Gasteiger partial charge in [-0.15, -0.1) is 0 Å². The van der Waals surface area contributed by atoms with Crippen LogP contribution >= 0.6 is 0 Å². The first-order valence-corrected chi connectivity index (χ1v) is 16.4. The predicted molar refractivity (Wildman–Crippen MR) is 195 cm³/mol. The minimum Gasteiger partial charge on any atom is -0.307 e. The molecule has 0 bridgehead atoms. The number of urea groups is 1. The van der Waals surface area contributed by atoms with E-state index in [1.807, 2.05) is 61.7 Å². The Morgan fingerprint density at radius 1 is 0.878 bits per heavy atom. The zero-order chi connectivity index (χ0) is 34.4. The molecule has 246 valence electrons. The van der Waals surface area contributed by atoms with Crippen molar-refractivity contribution in [3.8, 4) is 22.9 Å². The lowest BCUT2D eigenvalue weighted by Gasteiger charge is -2.21. The van der Waals surface area contributed by atoms with Gasteiger partial charge in [0, 0.05) is 61.0 Å². The van der Waals surface area contributed by atoms with Crippen molar-refractivity contribution in [1.82, 2.24) is 24.6 Å². The summed E-state index contributed by atoms with van der Waals surface area (Å²) in [5.74, 6) is 0.556. The topological polar surface area (TPSA) is 112 Å². The molecule has 3 aromatic heterocycles. The monoisotopic (exact) mass is 648 g/mol. The van der Waals surface area contributed by atoms with Crippen LogP contribution in [0.15, 0.2) is 110 Å². The summed E-state index contributed by atoms with van der Waals surface area (Å²) in [5.41, 5.74) is 7.46. The molecular formula is C40H40N8O. The van der Waals surface area contributed by atoms with E-state index in [9.17, 15) is 10.1 Å². The molecule has 49 heavy (non-hydrogen) atoms. The van der Waals surface area contributed by atoms with Gasteiger partial charge < -0.3 is 5.32 Å². The Balaban J connectivity index is 1.21. The van der Waals surface area contributed by atoms with E-state index in [0.29, 0.717) is 24.5 Å². The third kappa shape index (κ3) is 8.00. The molecule has 2 N–H and O–H groups in total. The van der Waals surface area contributed by atoms with Gasteiger partial charge in [-0.2, -0.15) is 10.4 Å². The van der Waals surface area contributed by atoms with E-state index in [2.05, 4.69) is 94.8 Å². The molecule has 0 saturated carbocycles. The van der Waals surface area contributed by atoms with Gasteiger partial charge in [-0.3, -0.25) is 20.2 Å². The molecule has 6 rings (SSSR count). The van der Waals surface area contributed by atoms with Crippen LogP contribution in [0.3, 0.4) is 0 Å². The number of pyridine rings is 2. The van der Waals surface area contributed by atoms with E-state index in [-0.39, 0.29) is 11.4 Å². The van der Waals surface area contributed by atoms with Crippen molar-refractivity contribution in [2.45, 2.75) is 52.6 Å². The molecule has 2 amide bonds. The summed E-state index contributed by atoms with van der Waals surface area (Å²) >= 11 is 0. The van der Waals surface area contributed by atoms with Crippen LogP contribution in [0.5, 0.6) is 0 Å². The fourth-order valence-electron chi connectivity index (χ4n) is 5.77. The maximum atomic E-state index is 13.5. The molecule has 0 saturated heterocycles. The number of hydrogen-bond acceptors (Lipinski definition) is 6. The smallest absolute Gasteiger partial charge is 0.307 e. The molecule has 0 aliphatic heterocycles. The number of carbonyl (C=O) groups excluding carboxylic acids is 1.